The van der Waals surface area contributed by atoms with Crippen molar-refractivity contribution in [3.05, 3.63) is 64.1 Å². The first-order chi connectivity index (χ1) is 11.2. The van der Waals surface area contributed by atoms with Crippen LogP contribution < -0.4 is 10.2 Å². The van der Waals surface area contributed by atoms with E-state index in [0.29, 0.717) is 5.75 Å². The quantitative estimate of drug-likeness (QED) is 0.589. The van der Waals surface area contributed by atoms with Crippen LogP contribution in [0.4, 0.5) is 0 Å². The highest BCUT2D eigenvalue weighted by Crippen LogP contribution is 2.13. The zero-order chi connectivity index (χ0) is 16.5. The molecular weight excluding hydrogens is 356 g/mol. The zero-order valence-electron chi connectivity index (χ0n) is 13.0. The van der Waals surface area contributed by atoms with Crippen molar-refractivity contribution < 1.29 is 9.53 Å². The van der Waals surface area contributed by atoms with Crippen molar-refractivity contribution in [3.8, 4) is 5.75 Å². The predicted octanol–water partition coefficient (Wildman–Crippen LogP) is 3.93. The lowest BCUT2D eigenvalue weighted by Crippen LogP contribution is -2.24. The summed E-state index contributed by atoms with van der Waals surface area (Å²) in [4.78, 5) is 11.7. The molecule has 0 fully saturated rings. The Morgan fingerprint density at radius 1 is 1.26 bits per heavy atom. The number of hydrogen-bond acceptors (Lipinski definition) is 3. The highest BCUT2D eigenvalue weighted by atomic mass is 79.9. The van der Waals surface area contributed by atoms with Crippen LogP contribution in [-0.4, -0.2) is 18.7 Å². The molecule has 0 bridgehead atoms. The van der Waals surface area contributed by atoms with E-state index in [-0.39, 0.29) is 12.5 Å². The van der Waals surface area contributed by atoms with E-state index in [0.717, 1.165) is 22.9 Å². The van der Waals surface area contributed by atoms with E-state index in [4.69, 9.17) is 4.74 Å². The minimum atomic E-state index is -0.297. The third kappa shape index (κ3) is 6.24. The van der Waals surface area contributed by atoms with E-state index in [1.54, 1.807) is 6.21 Å². The van der Waals surface area contributed by atoms with Crippen LogP contribution in [0.2, 0.25) is 0 Å². The van der Waals surface area contributed by atoms with Crippen LogP contribution in [0.3, 0.4) is 0 Å². The summed E-state index contributed by atoms with van der Waals surface area (Å²) in [5, 5.41) is 3.91. The van der Waals surface area contributed by atoms with E-state index in [1.165, 1.54) is 5.56 Å². The van der Waals surface area contributed by atoms with Gasteiger partial charge in [0.05, 0.1) is 6.21 Å². The highest BCUT2D eigenvalue weighted by Gasteiger charge is 2.01. The van der Waals surface area contributed by atoms with Gasteiger partial charge in [-0.2, -0.15) is 5.10 Å². The summed E-state index contributed by atoms with van der Waals surface area (Å²) in [5.41, 5.74) is 4.60. The second-order valence-corrected chi connectivity index (χ2v) is 5.95. The molecular formula is C18H19BrN2O2. The molecule has 0 aliphatic heterocycles. The van der Waals surface area contributed by atoms with Gasteiger partial charge in [0.15, 0.2) is 6.61 Å². The number of nitrogens with zero attached hydrogens (tertiary/aromatic N) is 1. The minimum absolute atomic E-state index is 0.0665. The lowest BCUT2D eigenvalue weighted by Gasteiger charge is -2.06. The van der Waals surface area contributed by atoms with Gasteiger partial charge in [0.2, 0.25) is 0 Å². The highest BCUT2D eigenvalue weighted by molar-refractivity contribution is 9.10. The Labute approximate surface area is 144 Å². The molecule has 0 aliphatic carbocycles. The number of benzene rings is 2. The van der Waals surface area contributed by atoms with Crippen molar-refractivity contribution in [1.82, 2.24) is 5.43 Å². The smallest absolute Gasteiger partial charge is 0.277 e. The lowest BCUT2D eigenvalue weighted by atomic mass is 10.1. The van der Waals surface area contributed by atoms with Gasteiger partial charge in [0.25, 0.3) is 5.91 Å². The Balaban J connectivity index is 1.76. The molecule has 23 heavy (non-hydrogen) atoms. The second-order valence-electron chi connectivity index (χ2n) is 5.03. The maximum Gasteiger partial charge on any atom is 0.277 e. The average molecular weight is 375 g/mol. The van der Waals surface area contributed by atoms with Gasteiger partial charge in [-0.05, 0) is 41.8 Å². The summed E-state index contributed by atoms with van der Waals surface area (Å²) in [6.07, 6.45) is 3.74. The SMILES string of the molecule is CCCc1ccc(OCC(=O)N/N=C/c2cccc(Br)c2)cc1. The maximum absolute atomic E-state index is 11.7. The third-order valence-electron chi connectivity index (χ3n) is 3.08. The molecule has 2 rings (SSSR count). The Hall–Kier alpha value is -2.14. The first-order valence-corrected chi connectivity index (χ1v) is 8.26. The van der Waals surface area contributed by atoms with Crippen molar-refractivity contribution in [2.45, 2.75) is 19.8 Å². The topological polar surface area (TPSA) is 50.7 Å². The zero-order valence-corrected chi connectivity index (χ0v) is 14.5. The summed E-state index contributed by atoms with van der Waals surface area (Å²) in [6.45, 7) is 2.08. The Morgan fingerprint density at radius 3 is 2.74 bits per heavy atom. The molecule has 2 aromatic carbocycles. The normalized spacial score (nSPS) is 10.7. The molecule has 0 atom stereocenters. The Kier molecular flexibility index (Phi) is 6.81. The van der Waals surface area contributed by atoms with Crippen molar-refractivity contribution in [2.75, 3.05) is 6.61 Å². The van der Waals surface area contributed by atoms with Gasteiger partial charge < -0.3 is 4.74 Å². The van der Waals surface area contributed by atoms with Crippen LogP contribution >= 0.6 is 15.9 Å². The maximum atomic E-state index is 11.7. The molecule has 0 radical (unpaired) electrons. The number of nitrogens with one attached hydrogen (secondary N) is 1. The number of hydrogen-bond donors (Lipinski definition) is 1. The van der Waals surface area contributed by atoms with Crippen molar-refractivity contribution in [2.24, 2.45) is 5.10 Å². The summed E-state index contributed by atoms with van der Waals surface area (Å²) < 4.78 is 6.39. The molecule has 1 N–H and O–H groups in total. The molecule has 0 unspecified atom stereocenters. The largest absolute Gasteiger partial charge is 0.484 e. The number of rotatable bonds is 7. The lowest BCUT2D eigenvalue weighted by molar-refractivity contribution is -0.123. The number of halogens is 1. The molecule has 120 valence electrons. The molecule has 0 saturated heterocycles. The first-order valence-electron chi connectivity index (χ1n) is 7.46. The van der Waals surface area contributed by atoms with Crippen LogP contribution in [-0.2, 0) is 11.2 Å². The van der Waals surface area contributed by atoms with E-state index >= 15 is 0 Å². The Bertz CT molecular complexity index is 669. The number of ether oxygens (including phenoxy) is 1. The average Bonchev–Trinajstić information content (AvgIpc) is 2.55. The molecule has 0 aliphatic rings. The molecule has 1 amide bonds. The summed E-state index contributed by atoms with van der Waals surface area (Å²) >= 11 is 3.38. The van der Waals surface area contributed by atoms with Gasteiger partial charge in [-0.3, -0.25) is 4.79 Å². The van der Waals surface area contributed by atoms with Crippen LogP contribution in [0, 0.1) is 0 Å². The fourth-order valence-corrected chi connectivity index (χ4v) is 2.40. The summed E-state index contributed by atoms with van der Waals surface area (Å²) in [7, 11) is 0. The minimum Gasteiger partial charge on any atom is -0.484 e. The molecule has 0 saturated carbocycles. The van der Waals surface area contributed by atoms with E-state index in [2.05, 4.69) is 33.4 Å². The van der Waals surface area contributed by atoms with Gasteiger partial charge in [0, 0.05) is 4.47 Å². The summed E-state index contributed by atoms with van der Waals surface area (Å²) in [5.74, 6) is 0.379. The first kappa shape index (κ1) is 17.2. The van der Waals surface area contributed by atoms with Gasteiger partial charge in [-0.15, -0.1) is 0 Å². The fourth-order valence-electron chi connectivity index (χ4n) is 1.99. The van der Waals surface area contributed by atoms with Gasteiger partial charge in [0.1, 0.15) is 5.75 Å². The number of hydrazone groups is 1. The Morgan fingerprint density at radius 2 is 2.04 bits per heavy atom. The third-order valence-corrected chi connectivity index (χ3v) is 3.58. The predicted molar refractivity (Wildman–Crippen MR) is 95.8 cm³/mol. The molecule has 0 aromatic heterocycles. The number of carbonyl (C=O) groups excluding carboxylic acids is 1. The molecule has 2 aromatic rings. The number of amides is 1. The molecule has 0 spiro atoms. The van der Waals surface area contributed by atoms with Crippen molar-refractivity contribution >= 4 is 28.1 Å². The van der Waals surface area contributed by atoms with Crippen LogP contribution in [0.5, 0.6) is 5.75 Å². The number of carbonyl (C=O) groups is 1. The monoisotopic (exact) mass is 374 g/mol. The molecule has 0 heterocycles. The summed E-state index contributed by atoms with van der Waals surface area (Å²) in [6, 6.07) is 15.4. The van der Waals surface area contributed by atoms with Gasteiger partial charge in [-0.1, -0.05) is 53.5 Å². The van der Waals surface area contributed by atoms with Crippen molar-refractivity contribution in [3.63, 3.8) is 0 Å². The van der Waals surface area contributed by atoms with E-state index < -0.39 is 0 Å². The van der Waals surface area contributed by atoms with Crippen LogP contribution in [0.15, 0.2) is 58.1 Å². The molecule has 5 heteroatoms. The van der Waals surface area contributed by atoms with Crippen LogP contribution in [0.1, 0.15) is 24.5 Å². The van der Waals surface area contributed by atoms with Crippen LogP contribution in [0.25, 0.3) is 0 Å². The van der Waals surface area contributed by atoms with Crippen molar-refractivity contribution in [1.29, 1.82) is 0 Å². The van der Waals surface area contributed by atoms with E-state index in [9.17, 15) is 4.79 Å². The van der Waals surface area contributed by atoms with Gasteiger partial charge >= 0.3 is 0 Å². The van der Waals surface area contributed by atoms with Gasteiger partial charge in [-0.25, -0.2) is 5.43 Å². The molecule has 4 nitrogen and oxygen atoms in total. The van der Waals surface area contributed by atoms with E-state index in [1.807, 2.05) is 48.5 Å². The second kappa shape index (κ2) is 9.10. The fraction of sp³-hybridized carbons (Fsp3) is 0.222. The number of aryl methyl sites for hydroxylation is 1. The standard InChI is InChI=1S/C18H19BrN2O2/c1-2-4-14-7-9-17(10-8-14)23-13-18(22)21-20-12-15-5-3-6-16(19)11-15/h3,5-12H,2,4,13H2,1H3,(H,21,22)/b20-12+.